The number of rotatable bonds is 5. The number of nitrogens with one attached hydrogen (secondary N) is 1. The number of sulfonamides is 1. The zero-order chi connectivity index (χ0) is 13.9. The lowest BCUT2D eigenvalue weighted by molar-refractivity contribution is 0.459. The van der Waals surface area contributed by atoms with Crippen molar-refractivity contribution in [1.82, 2.24) is 4.72 Å². The zero-order valence-corrected chi connectivity index (χ0v) is 11.4. The Labute approximate surface area is 112 Å². The molecule has 0 saturated heterocycles. The molecule has 19 heavy (non-hydrogen) atoms. The maximum atomic E-state index is 12.0. The van der Waals surface area contributed by atoms with Crippen LogP contribution in [-0.2, 0) is 15.8 Å². The third kappa shape index (κ3) is 3.84. The fraction of sp³-hybridized carbons (Fsp3) is 0.231. The van der Waals surface area contributed by atoms with Gasteiger partial charge in [0.25, 0.3) is 0 Å². The van der Waals surface area contributed by atoms with Gasteiger partial charge in [0, 0.05) is 5.69 Å². The minimum Gasteiger partial charge on any atom is -0.468 e. The molecular formula is C13H16N2O3S. The van der Waals surface area contributed by atoms with Crippen LogP contribution >= 0.6 is 0 Å². The number of nitrogen functional groups attached to an aromatic ring is 1. The van der Waals surface area contributed by atoms with Gasteiger partial charge < -0.3 is 10.2 Å². The predicted molar refractivity (Wildman–Crippen MR) is 73.7 cm³/mol. The Balaban J connectivity index is 2.04. The van der Waals surface area contributed by atoms with Crippen LogP contribution in [0.5, 0.6) is 0 Å². The van der Waals surface area contributed by atoms with Crippen molar-refractivity contribution < 1.29 is 12.8 Å². The van der Waals surface area contributed by atoms with Crippen molar-refractivity contribution in [2.45, 2.75) is 18.7 Å². The van der Waals surface area contributed by atoms with Crippen LogP contribution < -0.4 is 10.5 Å². The van der Waals surface area contributed by atoms with Crippen molar-refractivity contribution in [3.05, 3.63) is 54.0 Å². The van der Waals surface area contributed by atoms with E-state index >= 15 is 0 Å². The zero-order valence-electron chi connectivity index (χ0n) is 10.5. The first-order valence-electron chi connectivity index (χ1n) is 5.84. The number of nitrogens with two attached hydrogens (primary N) is 1. The number of furan rings is 1. The van der Waals surface area contributed by atoms with Gasteiger partial charge in [-0.1, -0.05) is 12.1 Å². The van der Waals surface area contributed by atoms with E-state index in [0.29, 0.717) is 17.0 Å². The summed E-state index contributed by atoms with van der Waals surface area (Å²) in [5, 5.41) is 0. The molecule has 0 fully saturated rings. The molecule has 0 spiro atoms. The van der Waals surface area contributed by atoms with Gasteiger partial charge in [-0.15, -0.1) is 0 Å². The average Bonchev–Trinajstić information content (AvgIpc) is 2.85. The van der Waals surface area contributed by atoms with Gasteiger partial charge in [0.1, 0.15) is 5.76 Å². The van der Waals surface area contributed by atoms with Crippen LogP contribution in [-0.4, -0.2) is 8.42 Å². The first kappa shape index (κ1) is 13.6. The van der Waals surface area contributed by atoms with Crippen LogP contribution in [0, 0.1) is 0 Å². The second-order valence-electron chi connectivity index (χ2n) is 4.36. The van der Waals surface area contributed by atoms with E-state index in [2.05, 4.69) is 4.72 Å². The van der Waals surface area contributed by atoms with Crippen LogP contribution in [0.3, 0.4) is 0 Å². The third-order valence-corrected chi connectivity index (χ3v) is 4.09. The fourth-order valence-electron chi connectivity index (χ4n) is 1.74. The van der Waals surface area contributed by atoms with Crippen molar-refractivity contribution in [2.75, 3.05) is 5.73 Å². The maximum Gasteiger partial charge on any atom is 0.216 e. The quantitative estimate of drug-likeness (QED) is 0.821. The molecule has 6 heteroatoms. The topological polar surface area (TPSA) is 85.3 Å². The van der Waals surface area contributed by atoms with Crippen molar-refractivity contribution in [2.24, 2.45) is 0 Å². The van der Waals surface area contributed by atoms with E-state index in [-0.39, 0.29) is 5.75 Å². The van der Waals surface area contributed by atoms with Crippen LogP contribution in [0.2, 0.25) is 0 Å². The number of hydrogen-bond acceptors (Lipinski definition) is 4. The van der Waals surface area contributed by atoms with Gasteiger partial charge in [-0.2, -0.15) is 0 Å². The van der Waals surface area contributed by atoms with Gasteiger partial charge >= 0.3 is 0 Å². The minimum atomic E-state index is -3.42. The van der Waals surface area contributed by atoms with Crippen LogP contribution in [0.25, 0.3) is 0 Å². The predicted octanol–water partition coefficient (Wildman–Crippen LogP) is 2.04. The highest BCUT2D eigenvalue weighted by atomic mass is 32.2. The third-order valence-electron chi connectivity index (χ3n) is 2.66. The van der Waals surface area contributed by atoms with E-state index < -0.39 is 16.1 Å². The summed E-state index contributed by atoms with van der Waals surface area (Å²) < 4.78 is 31.7. The van der Waals surface area contributed by atoms with Gasteiger partial charge in [-0.05, 0) is 36.8 Å². The first-order valence-corrected chi connectivity index (χ1v) is 7.49. The monoisotopic (exact) mass is 280 g/mol. The van der Waals surface area contributed by atoms with Gasteiger partial charge in [0.05, 0.1) is 18.1 Å². The number of hydrogen-bond donors (Lipinski definition) is 2. The Morgan fingerprint density at radius 2 is 1.95 bits per heavy atom. The summed E-state index contributed by atoms with van der Waals surface area (Å²) in [6.07, 6.45) is 1.51. The summed E-state index contributed by atoms with van der Waals surface area (Å²) >= 11 is 0. The molecule has 2 rings (SSSR count). The standard InChI is InChI=1S/C13H16N2O3S/c1-10(13-3-2-8-18-13)15-19(16,17)9-11-4-6-12(14)7-5-11/h2-8,10,15H,9,14H2,1H3. The summed E-state index contributed by atoms with van der Waals surface area (Å²) in [4.78, 5) is 0. The molecule has 1 heterocycles. The molecule has 3 N–H and O–H groups in total. The van der Waals surface area contributed by atoms with E-state index in [1.165, 1.54) is 6.26 Å². The highest BCUT2D eigenvalue weighted by molar-refractivity contribution is 7.88. The van der Waals surface area contributed by atoms with E-state index in [0.717, 1.165) is 0 Å². The summed E-state index contributed by atoms with van der Waals surface area (Å²) in [5.74, 6) is 0.499. The lowest BCUT2D eigenvalue weighted by atomic mass is 10.2. The first-order chi connectivity index (χ1) is 8.96. The summed E-state index contributed by atoms with van der Waals surface area (Å²) in [6.45, 7) is 1.74. The molecule has 0 amide bonds. The normalized spacial score (nSPS) is 13.3. The van der Waals surface area contributed by atoms with Crippen LogP contribution in [0.4, 0.5) is 5.69 Å². The number of anilines is 1. The Hall–Kier alpha value is -1.79. The highest BCUT2D eigenvalue weighted by Crippen LogP contribution is 2.15. The van der Waals surface area contributed by atoms with Crippen molar-refractivity contribution in [3.63, 3.8) is 0 Å². The molecule has 5 nitrogen and oxygen atoms in total. The van der Waals surface area contributed by atoms with E-state index in [1.807, 2.05) is 0 Å². The molecule has 1 unspecified atom stereocenters. The summed E-state index contributed by atoms with van der Waals surface area (Å²) in [6, 6.07) is 9.82. The molecular weight excluding hydrogens is 264 g/mol. The molecule has 1 aromatic carbocycles. The molecule has 0 aliphatic rings. The second kappa shape index (κ2) is 5.46. The van der Waals surface area contributed by atoms with Gasteiger partial charge in [-0.3, -0.25) is 0 Å². The smallest absolute Gasteiger partial charge is 0.216 e. The maximum absolute atomic E-state index is 12.0. The molecule has 2 aromatic rings. The molecule has 0 bridgehead atoms. The van der Waals surface area contributed by atoms with Gasteiger partial charge in [0.15, 0.2) is 0 Å². The molecule has 0 aliphatic carbocycles. The second-order valence-corrected chi connectivity index (χ2v) is 6.11. The van der Waals surface area contributed by atoms with E-state index in [9.17, 15) is 8.42 Å². The van der Waals surface area contributed by atoms with E-state index in [4.69, 9.17) is 10.2 Å². The lowest BCUT2D eigenvalue weighted by Gasteiger charge is -2.12. The Bertz CT molecular complexity index is 618. The van der Waals surface area contributed by atoms with Crippen LogP contribution in [0.1, 0.15) is 24.3 Å². The summed E-state index contributed by atoms with van der Waals surface area (Å²) in [7, 11) is -3.42. The van der Waals surface area contributed by atoms with Gasteiger partial charge in [-0.25, -0.2) is 13.1 Å². The van der Waals surface area contributed by atoms with Crippen molar-refractivity contribution >= 4 is 15.7 Å². The fourth-order valence-corrected chi connectivity index (χ4v) is 3.11. The van der Waals surface area contributed by atoms with Gasteiger partial charge in [0.2, 0.25) is 10.0 Å². The molecule has 1 aromatic heterocycles. The molecule has 0 aliphatic heterocycles. The molecule has 1 atom stereocenters. The Morgan fingerprint density at radius 3 is 2.53 bits per heavy atom. The van der Waals surface area contributed by atoms with E-state index in [1.54, 1.807) is 43.3 Å². The van der Waals surface area contributed by atoms with Crippen molar-refractivity contribution in [1.29, 1.82) is 0 Å². The molecule has 102 valence electrons. The van der Waals surface area contributed by atoms with Crippen LogP contribution in [0.15, 0.2) is 47.1 Å². The SMILES string of the molecule is CC(NS(=O)(=O)Cc1ccc(N)cc1)c1ccco1. The molecule has 0 saturated carbocycles. The summed E-state index contributed by atoms with van der Waals surface area (Å²) in [5.41, 5.74) is 6.86. The highest BCUT2D eigenvalue weighted by Gasteiger charge is 2.17. The average molecular weight is 280 g/mol. The Kier molecular flexibility index (Phi) is 3.92. The lowest BCUT2D eigenvalue weighted by Crippen LogP contribution is -2.27. The van der Waals surface area contributed by atoms with Crippen molar-refractivity contribution in [3.8, 4) is 0 Å². The Morgan fingerprint density at radius 1 is 1.26 bits per heavy atom. The minimum absolute atomic E-state index is 0.0850. The molecule has 0 radical (unpaired) electrons. The largest absolute Gasteiger partial charge is 0.468 e. The number of benzene rings is 1.